The lowest BCUT2D eigenvalue weighted by Crippen LogP contribution is -2.11. The molecule has 0 radical (unpaired) electrons. The Hall–Kier alpha value is -1.80. The van der Waals surface area contributed by atoms with Crippen molar-refractivity contribution in [2.24, 2.45) is 0 Å². The van der Waals surface area contributed by atoms with Gasteiger partial charge < -0.3 is 4.74 Å². The molecule has 0 saturated heterocycles. The maximum atomic E-state index is 12.0. The highest BCUT2D eigenvalue weighted by Crippen LogP contribution is 2.16. The Kier molecular flexibility index (Phi) is 4.23. The van der Waals surface area contributed by atoms with Crippen LogP contribution >= 0.6 is 11.6 Å². The molecular formula is C16H15ClO2. The Labute approximate surface area is 118 Å². The van der Waals surface area contributed by atoms with Crippen LogP contribution in [0.2, 0.25) is 5.02 Å². The first kappa shape index (κ1) is 13.6. The molecule has 0 heterocycles. The van der Waals surface area contributed by atoms with Crippen molar-refractivity contribution in [1.82, 2.24) is 0 Å². The van der Waals surface area contributed by atoms with Gasteiger partial charge in [0.25, 0.3) is 0 Å². The summed E-state index contributed by atoms with van der Waals surface area (Å²) in [5.41, 5.74) is 2.96. The molecule has 2 aromatic carbocycles. The van der Waals surface area contributed by atoms with E-state index in [1.165, 1.54) is 5.56 Å². The lowest BCUT2D eigenvalue weighted by atomic mass is 10.0. The molecule has 2 nitrogen and oxygen atoms in total. The highest BCUT2D eigenvalue weighted by molar-refractivity contribution is 6.30. The number of hydrogen-bond donors (Lipinski definition) is 0. The van der Waals surface area contributed by atoms with Gasteiger partial charge in [0.05, 0.1) is 0 Å². The van der Waals surface area contributed by atoms with Crippen LogP contribution in [-0.4, -0.2) is 12.4 Å². The van der Waals surface area contributed by atoms with E-state index in [0.29, 0.717) is 16.3 Å². The van der Waals surface area contributed by atoms with Crippen molar-refractivity contribution in [1.29, 1.82) is 0 Å². The summed E-state index contributed by atoms with van der Waals surface area (Å²) in [6.45, 7) is 4.05. The van der Waals surface area contributed by atoms with Gasteiger partial charge in [-0.3, -0.25) is 4.79 Å². The summed E-state index contributed by atoms with van der Waals surface area (Å²) in [6, 6.07) is 12.6. The van der Waals surface area contributed by atoms with E-state index in [1.807, 2.05) is 32.0 Å². The van der Waals surface area contributed by atoms with Gasteiger partial charge in [0.2, 0.25) is 0 Å². The summed E-state index contributed by atoms with van der Waals surface area (Å²) in [7, 11) is 0. The van der Waals surface area contributed by atoms with Crippen molar-refractivity contribution in [2.45, 2.75) is 13.8 Å². The first-order valence-electron chi connectivity index (χ1n) is 6.05. The smallest absolute Gasteiger partial charge is 0.200 e. The summed E-state index contributed by atoms with van der Waals surface area (Å²) < 4.78 is 5.44. The summed E-state index contributed by atoms with van der Waals surface area (Å²) in [6.07, 6.45) is 0. The Morgan fingerprint density at radius 2 is 1.74 bits per heavy atom. The normalized spacial score (nSPS) is 10.3. The lowest BCUT2D eigenvalue weighted by molar-refractivity contribution is 0.0921. The Bertz CT molecular complexity index is 588. The van der Waals surface area contributed by atoms with E-state index < -0.39 is 0 Å². The van der Waals surface area contributed by atoms with Crippen LogP contribution in [0.4, 0.5) is 0 Å². The largest absolute Gasteiger partial charge is 0.485 e. The second-order valence-electron chi connectivity index (χ2n) is 4.46. The number of halogens is 1. The van der Waals surface area contributed by atoms with Crippen LogP contribution in [0, 0.1) is 13.8 Å². The molecule has 0 amide bonds. The zero-order chi connectivity index (χ0) is 13.8. The lowest BCUT2D eigenvalue weighted by Gasteiger charge is -2.07. The number of carbonyl (C=O) groups is 1. The molecule has 98 valence electrons. The number of hydrogen-bond acceptors (Lipinski definition) is 2. The number of ether oxygens (including phenoxy) is 1. The Balaban J connectivity index is 2.01. The Morgan fingerprint density at radius 1 is 1.05 bits per heavy atom. The quantitative estimate of drug-likeness (QED) is 0.781. The SMILES string of the molecule is Cc1ccc(C(=O)COc2ccc(Cl)cc2)cc1C. The zero-order valence-electron chi connectivity index (χ0n) is 10.9. The van der Waals surface area contributed by atoms with E-state index in [0.717, 1.165) is 5.56 Å². The van der Waals surface area contributed by atoms with Crippen LogP contribution in [0.5, 0.6) is 5.75 Å². The van der Waals surface area contributed by atoms with Crippen molar-refractivity contribution < 1.29 is 9.53 Å². The maximum absolute atomic E-state index is 12.0. The molecule has 0 aliphatic rings. The maximum Gasteiger partial charge on any atom is 0.200 e. The molecule has 3 heteroatoms. The van der Waals surface area contributed by atoms with E-state index in [4.69, 9.17) is 16.3 Å². The number of rotatable bonds is 4. The van der Waals surface area contributed by atoms with Crippen molar-refractivity contribution in [3.8, 4) is 5.75 Å². The van der Waals surface area contributed by atoms with E-state index in [1.54, 1.807) is 24.3 Å². The van der Waals surface area contributed by atoms with Gasteiger partial charge in [-0.15, -0.1) is 0 Å². The van der Waals surface area contributed by atoms with Crippen molar-refractivity contribution in [3.63, 3.8) is 0 Å². The Morgan fingerprint density at radius 3 is 2.37 bits per heavy atom. The number of carbonyl (C=O) groups excluding carboxylic acids is 1. The van der Waals surface area contributed by atoms with Gasteiger partial charge in [0.1, 0.15) is 5.75 Å². The minimum absolute atomic E-state index is 0.0296. The molecule has 0 saturated carbocycles. The van der Waals surface area contributed by atoms with Gasteiger partial charge in [-0.25, -0.2) is 0 Å². The average Bonchev–Trinajstić information content (AvgIpc) is 2.41. The fourth-order valence-electron chi connectivity index (χ4n) is 1.68. The molecule has 2 aromatic rings. The molecule has 0 atom stereocenters. The van der Waals surface area contributed by atoms with Gasteiger partial charge in [-0.05, 0) is 55.3 Å². The van der Waals surface area contributed by atoms with Crippen molar-refractivity contribution >= 4 is 17.4 Å². The number of ketones is 1. The van der Waals surface area contributed by atoms with Crippen LogP contribution in [0.15, 0.2) is 42.5 Å². The summed E-state index contributed by atoms with van der Waals surface area (Å²) >= 11 is 5.78. The molecule has 0 aliphatic carbocycles. The number of Topliss-reactive ketones (excluding diaryl/α,β-unsaturated/α-hetero) is 1. The van der Waals surface area contributed by atoms with E-state index in [2.05, 4.69) is 0 Å². The van der Waals surface area contributed by atoms with Gasteiger partial charge >= 0.3 is 0 Å². The molecule has 0 bridgehead atoms. The predicted octanol–water partition coefficient (Wildman–Crippen LogP) is 4.22. The molecule has 19 heavy (non-hydrogen) atoms. The van der Waals surface area contributed by atoms with Gasteiger partial charge in [0.15, 0.2) is 12.4 Å². The standard InChI is InChI=1S/C16H15ClO2/c1-11-3-4-13(9-12(11)2)16(18)10-19-15-7-5-14(17)6-8-15/h3-9H,10H2,1-2H3. The van der Waals surface area contributed by atoms with E-state index in [9.17, 15) is 4.79 Å². The molecular weight excluding hydrogens is 260 g/mol. The first-order chi connectivity index (χ1) is 9.06. The van der Waals surface area contributed by atoms with Crippen molar-refractivity contribution in [2.75, 3.05) is 6.61 Å². The van der Waals surface area contributed by atoms with E-state index >= 15 is 0 Å². The second-order valence-corrected chi connectivity index (χ2v) is 4.90. The van der Waals surface area contributed by atoms with Gasteiger partial charge in [0, 0.05) is 10.6 Å². The van der Waals surface area contributed by atoms with Crippen LogP contribution in [0.1, 0.15) is 21.5 Å². The fraction of sp³-hybridized carbons (Fsp3) is 0.188. The minimum atomic E-state index is -0.0296. The predicted molar refractivity (Wildman–Crippen MR) is 77.2 cm³/mol. The highest BCUT2D eigenvalue weighted by atomic mass is 35.5. The van der Waals surface area contributed by atoms with Crippen LogP contribution < -0.4 is 4.74 Å². The number of benzene rings is 2. The van der Waals surface area contributed by atoms with Crippen LogP contribution in [0.3, 0.4) is 0 Å². The number of aryl methyl sites for hydroxylation is 2. The topological polar surface area (TPSA) is 26.3 Å². The summed E-state index contributed by atoms with van der Waals surface area (Å²) in [4.78, 5) is 12.0. The first-order valence-corrected chi connectivity index (χ1v) is 6.43. The average molecular weight is 275 g/mol. The van der Waals surface area contributed by atoms with Crippen molar-refractivity contribution in [3.05, 3.63) is 64.2 Å². The molecule has 2 rings (SSSR count). The monoisotopic (exact) mass is 274 g/mol. The third-order valence-corrected chi connectivity index (χ3v) is 3.26. The van der Waals surface area contributed by atoms with Crippen LogP contribution in [-0.2, 0) is 0 Å². The molecule has 0 spiro atoms. The van der Waals surface area contributed by atoms with E-state index in [-0.39, 0.29) is 12.4 Å². The highest BCUT2D eigenvalue weighted by Gasteiger charge is 2.07. The summed E-state index contributed by atoms with van der Waals surface area (Å²) in [5.74, 6) is 0.611. The minimum Gasteiger partial charge on any atom is -0.485 e. The molecule has 0 aromatic heterocycles. The van der Waals surface area contributed by atoms with Crippen LogP contribution in [0.25, 0.3) is 0 Å². The summed E-state index contributed by atoms with van der Waals surface area (Å²) in [5, 5.41) is 0.646. The fourth-order valence-corrected chi connectivity index (χ4v) is 1.80. The molecule has 0 aliphatic heterocycles. The third kappa shape index (κ3) is 3.58. The van der Waals surface area contributed by atoms with Gasteiger partial charge in [-0.2, -0.15) is 0 Å². The van der Waals surface area contributed by atoms with Gasteiger partial charge in [-0.1, -0.05) is 23.7 Å². The molecule has 0 unspecified atom stereocenters. The second kappa shape index (κ2) is 5.89. The zero-order valence-corrected chi connectivity index (χ0v) is 11.7. The molecule has 0 fully saturated rings. The molecule has 0 N–H and O–H groups in total. The third-order valence-electron chi connectivity index (χ3n) is 3.01.